The fraction of sp³-hybridized carbons (Fsp3) is 0.231. The van der Waals surface area contributed by atoms with Crippen molar-refractivity contribution in [3.05, 3.63) is 43.1 Å². The second-order valence-corrected chi connectivity index (χ2v) is 4.55. The first kappa shape index (κ1) is 11.6. The van der Waals surface area contributed by atoms with Crippen LogP contribution in [0, 0.1) is 0 Å². The molecule has 3 rings (SSSR count). The Morgan fingerprint density at radius 2 is 2.32 bits per heavy atom. The molecule has 1 atom stereocenters. The number of nitrogens with two attached hydrogens (primary N) is 1. The smallest absolute Gasteiger partial charge is 0.128 e. The van der Waals surface area contributed by atoms with Crippen molar-refractivity contribution in [2.75, 3.05) is 17.6 Å². The average molecular weight is 256 g/mol. The number of hydrogen-bond acceptors (Lipinski definition) is 4. The standard InChI is InChI=1S/C13H16N6/c1-10(18-6-5-15-9-18)7-16-13-4-2-3-12-11(14)8-17-19(12)13/h2-6,8-10,16H,7,14H2,1H3. The minimum Gasteiger partial charge on any atom is -0.396 e. The minimum atomic E-state index is 0.311. The summed E-state index contributed by atoms with van der Waals surface area (Å²) in [5.41, 5.74) is 7.46. The van der Waals surface area contributed by atoms with Gasteiger partial charge in [-0.15, -0.1) is 0 Å². The van der Waals surface area contributed by atoms with E-state index in [1.54, 1.807) is 12.4 Å². The molecule has 0 saturated heterocycles. The maximum Gasteiger partial charge on any atom is 0.128 e. The fourth-order valence-corrected chi connectivity index (χ4v) is 2.05. The van der Waals surface area contributed by atoms with Crippen LogP contribution in [0.3, 0.4) is 0 Å². The second kappa shape index (κ2) is 4.64. The average Bonchev–Trinajstić information content (AvgIpc) is 3.07. The summed E-state index contributed by atoms with van der Waals surface area (Å²) in [4.78, 5) is 4.05. The monoisotopic (exact) mass is 256 g/mol. The zero-order chi connectivity index (χ0) is 13.2. The van der Waals surface area contributed by atoms with E-state index in [4.69, 9.17) is 5.73 Å². The van der Waals surface area contributed by atoms with Crippen LogP contribution in [0.1, 0.15) is 13.0 Å². The molecule has 3 N–H and O–H groups in total. The molecule has 98 valence electrons. The maximum absolute atomic E-state index is 5.85. The van der Waals surface area contributed by atoms with E-state index in [9.17, 15) is 0 Å². The normalized spacial score (nSPS) is 12.7. The van der Waals surface area contributed by atoms with Crippen LogP contribution in [0.15, 0.2) is 43.1 Å². The largest absolute Gasteiger partial charge is 0.396 e. The van der Waals surface area contributed by atoms with Crippen LogP contribution in [-0.4, -0.2) is 25.7 Å². The van der Waals surface area contributed by atoms with E-state index < -0.39 is 0 Å². The van der Waals surface area contributed by atoms with Crippen molar-refractivity contribution in [1.29, 1.82) is 0 Å². The maximum atomic E-state index is 5.85. The molecule has 0 fully saturated rings. The lowest BCUT2D eigenvalue weighted by atomic mass is 10.3. The highest BCUT2D eigenvalue weighted by molar-refractivity contribution is 5.70. The molecule has 3 heterocycles. The Kier molecular flexibility index (Phi) is 2.83. The summed E-state index contributed by atoms with van der Waals surface area (Å²) < 4.78 is 3.88. The predicted octanol–water partition coefficient (Wildman–Crippen LogP) is 1.79. The number of hydrogen-bond donors (Lipinski definition) is 2. The molecule has 3 aromatic rings. The molecule has 0 saturated carbocycles. The molecular weight excluding hydrogens is 240 g/mol. The first-order valence-corrected chi connectivity index (χ1v) is 6.19. The van der Waals surface area contributed by atoms with E-state index in [0.29, 0.717) is 11.7 Å². The number of fused-ring (bicyclic) bond motifs is 1. The molecule has 0 amide bonds. The van der Waals surface area contributed by atoms with E-state index in [1.807, 2.05) is 35.2 Å². The van der Waals surface area contributed by atoms with Crippen molar-refractivity contribution in [3.8, 4) is 0 Å². The van der Waals surface area contributed by atoms with Crippen LogP contribution >= 0.6 is 0 Å². The number of rotatable bonds is 4. The second-order valence-electron chi connectivity index (χ2n) is 4.55. The number of nitrogen functional groups attached to an aromatic ring is 1. The lowest BCUT2D eigenvalue weighted by Gasteiger charge is -2.15. The van der Waals surface area contributed by atoms with Crippen LogP contribution in [-0.2, 0) is 0 Å². The van der Waals surface area contributed by atoms with Gasteiger partial charge in [-0.2, -0.15) is 5.10 Å². The molecule has 0 aliphatic rings. The highest BCUT2D eigenvalue weighted by Gasteiger charge is 2.07. The van der Waals surface area contributed by atoms with Gasteiger partial charge in [0.2, 0.25) is 0 Å². The van der Waals surface area contributed by atoms with Gasteiger partial charge in [0.1, 0.15) is 5.82 Å². The van der Waals surface area contributed by atoms with Crippen molar-refractivity contribution in [2.45, 2.75) is 13.0 Å². The van der Waals surface area contributed by atoms with Gasteiger partial charge in [-0.1, -0.05) is 6.07 Å². The molecule has 0 bridgehead atoms. The van der Waals surface area contributed by atoms with E-state index in [-0.39, 0.29) is 0 Å². The molecule has 6 nitrogen and oxygen atoms in total. The Hall–Kier alpha value is -2.50. The summed E-state index contributed by atoms with van der Waals surface area (Å²) in [6.45, 7) is 2.92. The van der Waals surface area contributed by atoms with Crippen LogP contribution in [0.2, 0.25) is 0 Å². The topological polar surface area (TPSA) is 73.2 Å². The highest BCUT2D eigenvalue weighted by atomic mass is 15.3. The van der Waals surface area contributed by atoms with Gasteiger partial charge in [-0.05, 0) is 19.1 Å². The Morgan fingerprint density at radius 1 is 1.42 bits per heavy atom. The summed E-state index contributed by atoms with van der Waals surface area (Å²) >= 11 is 0. The lowest BCUT2D eigenvalue weighted by Crippen LogP contribution is -2.16. The molecule has 1 unspecified atom stereocenters. The van der Waals surface area contributed by atoms with Gasteiger partial charge in [-0.25, -0.2) is 9.50 Å². The molecular formula is C13H16N6. The van der Waals surface area contributed by atoms with Crippen molar-refractivity contribution >= 4 is 17.0 Å². The first-order valence-electron chi connectivity index (χ1n) is 6.19. The van der Waals surface area contributed by atoms with E-state index in [1.165, 1.54) is 0 Å². The Balaban J connectivity index is 1.79. The zero-order valence-electron chi connectivity index (χ0n) is 10.7. The van der Waals surface area contributed by atoms with Crippen LogP contribution < -0.4 is 11.1 Å². The molecule has 0 spiro atoms. The van der Waals surface area contributed by atoms with Gasteiger partial charge in [-0.3, -0.25) is 0 Å². The third-order valence-electron chi connectivity index (χ3n) is 3.19. The Labute approximate surface area is 110 Å². The third kappa shape index (κ3) is 2.12. The Morgan fingerprint density at radius 3 is 3.11 bits per heavy atom. The summed E-state index contributed by atoms with van der Waals surface area (Å²) in [5.74, 6) is 0.932. The molecule has 3 aromatic heterocycles. The van der Waals surface area contributed by atoms with Gasteiger partial charge in [0.05, 0.1) is 23.7 Å². The van der Waals surface area contributed by atoms with Gasteiger partial charge in [0.15, 0.2) is 0 Å². The van der Waals surface area contributed by atoms with E-state index >= 15 is 0 Å². The van der Waals surface area contributed by atoms with Gasteiger partial charge >= 0.3 is 0 Å². The van der Waals surface area contributed by atoms with Crippen molar-refractivity contribution in [2.24, 2.45) is 0 Å². The van der Waals surface area contributed by atoms with Gasteiger partial charge < -0.3 is 15.6 Å². The number of nitrogens with zero attached hydrogens (tertiary/aromatic N) is 4. The summed E-state index contributed by atoms with van der Waals surface area (Å²) in [5, 5.41) is 7.65. The van der Waals surface area contributed by atoms with Crippen LogP contribution in [0.25, 0.3) is 5.52 Å². The van der Waals surface area contributed by atoms with E-state index in [0.717, 1.165) is 17.9 Å². The molecule has 0 aromatic carbocycles. The van der Waals surface area contributed by atoms with Gasteiger partial charge in [0.25, 0.3) is 0 Å². The summed E-state index contributed by atoms with van der Waals surface area (Å²) in [6, 6.07) is 6.22. The number of pyridine rings is 1. The molecule has 0 aliphatic heterocycles. The summed E-state index contributed by atoms with van der Waals surface area (Å²) in [7, 11) is 0. The van der Waals surface area contributed by atoms with Crippen LogP contribution in [0.5, 0.6) is 0 Å². The molecule has 0 radical (unpaired) electrons. The quantitative estimate of drug-likeness (QED) is 0.746. The lowest BCUT2D eigenvalue weighted by molar-refractivity contribution is 0.571. The molecule has 0 aliphatic carbocycles. The summed E-state index contributed by atoms with van der Waals surface area (Å²) in [6.07, 6.45) is 7.23. The SMILES string of the molecule is CC(CNc1cccc2c(N)cnn12)n1ccnc1. The molecule has 19 heavy (non-hydrogen) atoms. The molecule has 6 heteroatoms. The highest BCUT2D eigenvalue weighted by Crippen LogP contribution is 2.18. The minimum absolute atomic E-state index is 0.311. The predicted molar refractivity (Wildman–Crippen MR) is 75.0 cm³/mol. The zero-order valence-corrected chi connectivity index (χ0v) is 10.7. The number of imidazole rings is 1. The number of anilines is 2. The van der Waals surface area contributed by atoms with Crippen molar-refractivity contribution < 1.29 is 0 Å². The third-order valence-corrected chi connectivity index (χ3v) is 3.19. The fourth-order valence-electron chi connectivity index (χ4n) is 2.05. The Bertz CT molecular complexity index is 670. The van der Waals surface area contributed by atoms with Crippen molar-refractivity contribution in [3.63, 3.8) is 0 Å². The number of aromatic nitrogens is 4. The van der Waals surface area contributed by atoms with Gasteiger partial charge in [0, 0.05) is 25.0 Å². The number of nitrogens with one attached hydrogen (secondary N) is 1. The van der Waals surface area contributed by atoms with Crippen molar-refractivity contribution in [1.82, 2.24) is 19.2 Å². The first-order chi connectivity index (χ1) is 9.25. The van der Waals surface area contributed by atoms with E-state index in [2.05, 4.69) is 26.9 Å². The van der Waals surface area contributed by atoms with Crippen LogP contribution in [0.4, 0.5) is 11.5 Å².